The van der Waals surface area contributed by atoms with Crippen molar-refractivity contribution in [2.24, 2.45) is 7.05 Å². The summed E-state index contributed by atoms with van der Waals surface area (Å²) >= 11 is 0. The van der Waals surface area contributed by atoms with Gasteiger partial charge in [-0.25, -0.2) is 18.7 Å². The maximum atomic E-state index is 11.7. The van der Waals surface area contributed by atoms with Gasteiger partial charge in [-0.1, -0.05) is 0 Å². The van der Waals surface area contributed by atoms with Crippen molar-refractivity contribution in [2.45, 2.75) is 39.7 Å². The lowest BCUT2D eigenvalue weighted by Gasteiger charge is -2.16. The molecular formula is C13H21N2O5+. The Bertz CT molecular complexity index is 457. The van der Waals surface area contributed by atoms with Crippen LogP contribution in [0.2, 0.25) is 0 Å². The lowest BCUT2D eigenvalue weighted by molar-refractivity contribution is -0.671. The van der Waals surface area contributed by atoms with Gasteiger partial charge in [0.15, 0.2) is 18.9 Å². The van der Waals surface area contributed by atoms with Gasteiger partial charge in [-0.15, -0.1) is 0 Å². The first kappa shape index (κ1) is 16.2. The van der Waals surface area contributed by atoms with Gasteiger partial charge in [0.1, 0.15) is 12.4 Å². The van der Waals surface area contributed by atoms with Crippen LogP contribution in [0.15, 0.2) is 18.7 Å². The van der Waals surface area contributed by atoms with Crippen molar-refractivity contribution in [3.63, 3.8) is 0 Å². The number of nitrogens with zero attached hydrogens (tertiary/aromatic N) is 2. The molecule has 0 saturated carbocycles. The number of aryl methyl sites for hydroxylation is 1. The number of imidazole rings is 1. The topological polar surface area (TPSA) is 70.6 Å². The highest BCUT2D eigenvalue weighted by molar-refractivity contribution is 5.78. The number of hydrogen-bond donors (Lipinski definition) is 0. The van der Waals surface area contributed by atoms with Crippen LogP contribution in [0.25, 0.3) is 0 Å². The Labute approximate surface area is 118 Å². The van der Waals surface area contributed by atoms with Gasteiger partial charge in [0.25, 0.3) is 0 Å². The fourth-order valence-corrected chi connectivity index (χ4v) is 1.55. The maximum Gasteiger partial charge on any atom is 0.349 e. The standard InChI is InChI=1S/C13H21N2O5/c1-5-18-11(3)20-13(17)10(2)19-12(16)8-15-7-6-14(4)9-15/h6-7,9-11H,5,8H2,1-4H3/q+1. The number of ether oxygens (including phenoxy) is 3. The molecule has 0 aliphatic rings. The molecule has 0 aromatic carbocycles. The first-order valence-electron chi connectivity index (χ1n) is 6.45. The fourth-order valence-electron chi connectivity index (χ4n) is 1.55. The molecule has 2 atom stereocenters. The summed E-state index contributed by atoms with van der Waals surface area (Å²) in [5.41, 5.74) is 0. The molecule has 7 nitrogen and oxygen atoms in total. The molecular weight excluding hydrogens is 264 g/mol. The Morgan fingerprint density at radius 3 is 2.55 bits per heavy atom. The van der Waals surface area contributed by atoms with E-state index in [0.29, 0.717) is 6.61 Å². The summed E-state index contributed by atoms with van der Waals surface area (Å²) in [5, 5.41) is 0. The second-order valence-corrected chi connectivity index (χ2v) is 4.34. The average molecular weight is 285 g/mol. The summed E-state index contributed by atoms with van der Waals surface area (Å²) in [4.78, 5) is 23.3. The van der Waals surface area contributed by atoms with Crippen LogP contribution < -0.4 is 4.57 Å². The van der Waals surface area contributed by atoms with Crippen molar-refractivity contribution >= 4 is 11.9 Å². The average Bonchev–Trinajstić information content (AvgIpc) is 2.74. The van der Waals surface area contributed by atoms with E-state index >= 15 is 0 Å². The molecule has 7 heteroatoms. The highest BCUT2D eigenvalue weighted by Crippen LogP contribution is 2.02. The summed E-state index contributed by atoms with van der Waals surface area (Å²) in [6.45, 7) is 5.35. The zero-order chi connectivity index (χ0) is 15.1. The number of rotatable bonds is 7. The molecule has 0 fully saturated rings. The third kappa shape index (κ3) is 5.40. The van der Waals surface area contributed by atoms with E-state index in [1.54, 1.807) is 41.7 Å². The minimum Gasteiger partial charge on any atom is -0.448 e. The Kier molecular flexibility index (Phi) is 6.17. The molecule has 1 rings (SSSR count). The molecule has 1 aromatic rings. The van der Waals surface area contributed by atoms with Gasteiger partial charge in [-0.05, 0) is 20.8 Å². The van der Waals surface area contributed by atoms with E-state index in [0.717, 1.165) is 0 Å². The van der Waals surface area contributed by atoms with Crippen molar-refractivity contribution in [3.05, 3.63) is 18.7 Å². The number of carbonyl (C=O) groups is 2. The molecule has 1 heterocycles. The van der Waals surface area contributed by atoms with E-state index in [1.807, 2.05) is 7.05 Å². The second-order valence-electron chi connectivity index (χ2n) is 4.34. The van der Waals surface area contributed by atoms with E-state index in [9.17, 15) is 9.59 Å². The number of hydrogen-bond acceptors (Lipinski definition) is 5. The summed E-state index contributed by atoms with van der Waals surface area (Å²) in [7, 11) is 1.84. The zero-order valence-corrected chi connectivity index (χ0v) is 12.2. The maximum absolute atomic E-state index is 11.7. The van der Waals surface area contributed by atoms with Crippen molar-refractivity contribution in [1.82, 2.24) is 4.57 Å². The molecule has 112 valence electrons. The van der Waals surface area contributed by atoms with Gasteiger partial charge in [-0.2, -0.15) is 0 Å². The Balaban J connectivity index is 2.38. The van der Waals surface area contributed by atoms with Gasteiger partial charge in [0.2, 0.25) is 6.33 Å². The quantitative estimate of drug-likeness (QED) is 0.406. The molecule has 1 aromatic heterocycles. The molecule has 2 unspecified atom stereocenters. The second kappa shape index (κ2) is 7.64. The predicted molar refractivity (Wildman–Crippen MR) is 68.3 cm³/mol. The van der Waals surface area contributed by atoms with E-state index in [-0.39, 0.29) is 6.54 Å². The number of aromatic nitrogens is 2. The highest BCUT2D eigenvalue weighted by atomic mass is 16.7. The SMILES string of the molecule is CCOC(C)OC(=O)C(C)OC(=O)Cn1cc[n+](C)c1. The normalized spacial score (nSPS) is 13.6. The predicted octanol–water partition coefficient (Wildman–Crippen LogP) is 0.170. The van der Waals surface area contributed by atoms with E-state index in [1.165, 1.54) is 6.92 Å². The minimum absolute atomic E-state index is 0.0411. The fraction of sp³-hybridized carbons (Fsp3) is 0.615. The minimum atomic E-state index is -0.963. The molecule has 0 aliphatic heterocycles. The van der Waals surface area contributed by atoms with Crippen molar-refractivity contribution in [1.29, 1.82) is 0 Å². The smallest absolute Gasteiger partial charge is 0.349 e. The number of carbonyl (C=O) groups excluding carboxylic acids is 2. The van der Waals surface area contributed by atoms with Crippen LogP contribution in [0.4, 0.5) is 0 Å². The molecule has 0 bridgehead atoms. The Morgan fingerprint density at radius 2 is 2.00 bits per heavy atom. The van der Waals surface area contributed by atoms with E-state index < -0.39 is 24.3 Å². The van der Waals surface area contributed by atoms with Crippen LogP contribution in [0.3, 0.4) is 0 Å². The molecule has 0 amide bonds. The van der Waals surface area contributed by atoms with Crippen LogP contribution >= 0.6 is 0 Å². The van der Waals surface area contributed by atoms with Crippen LogP contribution in [-0.2, 0) is 37.4 Å². The first-order valence-corrected chi connectivity index (χ1v) is 6.45. The summed E-state index contributed by atoms with van der Waals surface area (Å²) in [5.74, 6) is -1.13. The molecule has 20 heavy (non-hydrogen) atoms. The van der Waals surface area contributed by atoms with Crippen LogP contribution in [0.1, 0.15) is 20.8 Å². The summed E-state index contributed by atoms with van der Waals surface area (Å²) < 4.78 is 18.5. The number of esters is 2. The molecule has 0 radical (unpaired) electrons. The third-order valence-corrected chi connectivity index (χ3v) is 2.46. The van der Waals surface area contributed by atoms with Crippen molar-refractivity contribution in [3.8, 4) is 0 Å². The lowest BCUT2D eigenvalue weighted by Crippen LogP contribution is -2.31. The van der Waals surface area contributed by atoms with E-state index in [2.05, 4.69) is 0 Å². The van der Waals surface area contributed by atoms with Crippen molar-refractivity contribution in [2.75, 3.05) is 6.61 Å². The van der Waals surface area contributed by atoms with Crippen LogP contribution in [0.5, 0.6) is 0 Å². The molecule has 0 aliphatic carbocycles. The van der Waals surface area contributed by atoms with Gasteiger partial charge in [0.05, 0.1) is 7.05 Å². The third-order valence-electron chi connectivity index (χ3n) is 2.46. The lowest BCUT2D eigenvalue weighted by atomic mass is 10.4. The van der Waals surface area contributed by atoms with Crippen molar-refractivity contribution < 1.29 is 28.4 Å². The summed E-state index contributed by atoms with van der Waals surface area (Å²) in [6.07, 6.45) is 3.66. The Morgan fingerprint density at radius 1 is 1.30 bits per heavy atom. The monoisotopic (exact) mass is 285 g/mol. The van der Waals surface area contributed by atoms with Gasteiger partial charge in [0, 0.05) is 6.61 Å². The molecule has 0 N–H and O–H groups in total. The Hall–Kier alpha value is -1.89. The van der Waals surface area contributed by atoms with E-state index in [4.69, 9.17) is 14.2 Å². The highest BCUT2D eigenvalue weighted by Gasteiger charge is 2.22. The van der Waals surface area contributed by atoms with Gasteiger partial charge in [-0.3, -0.25) is 0 Å². The zero-order valence-electron chi connectivity index (χ0n) is 12.2. The van der Waals surface area contributed by atoms with Gasteiger partial charge < -0.3 is 14.2 Å². The van der Waals surface area contributed by atoms with Crippen LogP contribution in [-0.4, -0.2) is 35.5 Å². The first-order chi connectivity index (χ1) is 9.42. The van der Waals surface area contributed by atoms with Crippen LogP contribution in [0, 0.1) is 0 Å². The largest absolute Gasteiger partial charge is 0.448 e. The summed E-state index contributed by atoms with van der Waals surface area (Å²) in [6, 6.07) is 0. The molecule has 0 saturated heterocycles. The molecule has 0 spiro atoms. The van der Waals surface area contributed by atoms with Gasteiger partial charge >= 0.3 is 11.9 Å².